The lowest BCUT2D eigenvalue weighted by atomic mass is 9.79. The van der Waals surface area contributed by atoms with Gasteiger partial charge in [-0.3, -0.25) is 14.6 Å². The third-order valence-electron chi connectivity index (χ3n) is 6.32. The zero-order valence-corrected chi connectivity index (χ0v) is 16.7. The van der Waals surface area contributed by atoms with Gasteiger partial charge in [0.05, 0.1) is 0 Å². The standard InChI is InChI=1S/C24H29FN2O/c1-19(28)22-5-2-4-21(14-22)16-27-13-11-24(18-27)10-3-12-26(17-24)15-20-6-8-23(25)9-7-20/h2,4-9,14H,3,10-13,15-18H2,1H3. The van der Waals surface area contributed by atoms with Crippen molar-refractivity contribution >= 4 is 5.78 Å². The number of hydrogen-bond donors (Lipinski definition) is 0. The fourth-order valence-corrected chi connectivity index (χ4v) is 4.94. The molecule has 2 fully saturated rings. The van der Waals surface area contributed by atoms with E-state index in [1.807, 2.05) is 30.3 Å². The number of halogens is 1. The first-order valence-electron chi connectivity index (χ1n) is 10.3. The van der Waals surface area contributed by atoms with Gasteiger partial charge < -0.3 is 0 Å². The van der Waals surface area contributed by atoms with Crippen LogP contribution in [0.15, 0.2) is 48.5 Å². The Kier molecular flexibility index (Phi) is 5.61. The van der Waals surface area contributed by atoms with Crippen molar-refractivity contribution in [3.8, 4) is 0 Å². The summed E-state index contributed by atoms with van der Waals surface area (Å²) in [5.74, 6) is -0.0393. The number of benzene rings is 2. The first kappa shape index (κ1) is 19.3. The number of nitrogens with zero attached hydrogens (tertiary/aromatic N) is 2. The number of Topliss-reactive ketones (excluding diaryl/α,β-unsaturated/α-hetero) is 1. The molecular formula is C24H29FN2O. The molecule has 2 aromatic rings. The molecule has 0 radical (unpaired) electrons. The van der Waals surface area contributed by atoms with Crippen molar-refractivity contribution in [1.29, 1.82) is 0 Å². The van der Waals surface area contributed by atoms with Crippen molar-refractivity contribution in [2.24, 2.45) is 5.41 Å². The van der Waals surface area contributed by atoms with Gasteiger partial charge in [-0.15, -0.1) is 0 Å². The van der Waals surface area contributed by atoms with E-state index in [-0.39, 0.29) is 11.6 Å². The second-order valence-corrected chi connectivity index (χ2v) is 8.66. The molecule has 1 unspecified atom stereocenters. The minimum absolute atomic E-state index is 0.128. The number of carbonyl (C=O) groups is 1. The van der Waals surface area contributed by atoms with Crippen LogP contribution in [0.3, 0.4) is 0 Å². The van der Waals surface area contributed by atoms with Crippen LogP contribution in [0.2, 0.25) is 0 Å². The third kappa shape index (κ3) is 4.50. The van der Waals surface area contributed by atoms with Gasteiger partial charge in [-0.05, 0) is 74.0 Å². The number of rotatable bonds is 5. The average Bonchev–Trinajstić information content (AvgIpc) is 3.05. The third-order valence-corrected chi connectivity index (χ3v) is 6.32. The van der Waals surface area contributed by atoms with Crippen molar-refractivity contribution in [3.05, 3.63) is 71.0 Å². The summed E-state index contributed by atoms with van der Waals surface area (Å²) in [6.45, 7) is 7.94. The smallest absolute Gasteiger partial charge is 0.159 e. The molecule has 2 aliphatic heterocycles. The molecule has 2 aliphatic rings. The highest BCUT2D eigenvalue weighted by atomic mass is 19.1. The monoisotopic (exact) mass is 380 g/mol. The Morgan fingerprint density at radius 3 is 2.43 bits per heavy atom. The Balaban J connectivity index is 1.37. The number of carbonyl (C=O) groups excluding carboxylic acids is 1. The van der Waals surface area contributed by atoms with Crippen LogP contribution in [0.4, 0.5) is 4.39 Å². The van der Waals surface area contributed by atoms with Gasteiger partial charge >= 0.3 is 0 Å². The molecule has 3 nitrogen and oxygen atoms in total. The average molecular weight is 381 g/mol. The molecule has 148 valence electrons. The normalized spacial score (nSPS) is 23.4. The van der Waals surface area contributed by atoms with E-state index >= 15 is 0 Å². The Hall–Kier alpha value is -2.04. The van der Waals surface area contributed by atoms with Crippen LogP contribution < -0.4 is 0 Å². The van der Waals surface area contributed by atoms with E-state index in [2.05, 4.69) is 15.9 Å². The SMILES string of the molecule is CC(=O)c1cccc(CN2CCC3(CCCN(Cc4ccc(F)cc4)C3)C2)c1. The van der Waals surface area contributed by atoms with Crippen LogP contribution in [0.1, 0.15) is 47.7 Å². The van der Waals surface area contributed by atoms with Gasteiger partial charge in [0.15, 0.2) is 5.78 Å². The zero-order chi connectivity index (χ0) is 19.6. The van der Waals surface area contributed by atoms with Crippen molar-refractivity contribution in [2.75, 3.05) is 26.2 Å². The van der Waals surface area contributed by atoms with Crippen LogP contribution in [-0.2, 0) is 13.1 Å². The first-order valence-corrected chi connectivity index (χ1v) is 10.3. The molecule has 0 bridgehead atoms. The molecule has 4 rings (SSSR count). The van der Waals surface area contributed by atoms with Gasteiger partial charge in [0.2, 0.25) is 0 Å². The van der Waals surface area contributed by atoms with Crippen molar-refractivity contribution < 1.29 is 9.18 Å². The van der Waals surface area contributed by atoms with Gasteiger partial charge in [0, 0.05) is 31.7 Å². The fourth-order valence-electron chi connectivity index (χ4n) is 4.94. The molecular weight excluding hydrogens is 351 g/mol. The molecule has 2 heterocycles. The summed E-state index contributed by atoms with van der Waals surface area (Å²) in [5.41, 5.74) is 3.59. The number of likely N-dealkylation sites (tertiary alicyclic amines) is 2. The molecule has 2 saturated heterocycles. The molecule has 0 saturated carbocycles. The van der Waals surface area contributed by atoms with E-state index in [0.717, 1.165) is 44.8 Å². The van der Waals surface area contributed by atoms with Crippen LogP contribution in [-0.4, -0.2) is 41.8 Å². The lowest BCUT2D eigenvalue weighted by Crippen LogP contribution is -2.44. The predicted octanol–water partition coefficient (Wildman–Crippen LogP) is 4.52. The number of piperidine rings is 1. The van der Waals surface area contributed by atoms with Crippen LogP contribution in [0.5, 0.6) is 0 Å². The molecule has 0 amide bonds. The predicted molar refractivity (Wildman–Crippen MR) is 110 cm³/mol. The van der Waals surface area contributed by atoms with Crippen LogP contribution in [0, 0.1) is 11.2 Å². The molecule has 0 aromatic heterocycles. The fraction of sp³-hybridized carbons (Fsp3) is 0.458. The van der Waals surface area contributed by atoms with Crippen LogP contribution >= 0.6 is 0 Å². The Bertz CT molecular complexity index is 835. The van der Waals surface area contributed by atoms with Crippen LogP contribution in [0.25, 0.3) is 0 Å². The number of ketones is 1. The Morgan fingerprint density at radius 1 is 0.964 bits per heavy atom. The minimum Gasteiger partial charge on any atom is -0.298 e. The summed E-state index contributed by atoms with van der Waals surface area (Å²) >= 11 is 0. The van der Waals surface area contributed by atoms with Gasteiger partial charge in [-0.25, -0.2) is 4.39 Å². The molecule has 28 heavy (non-hydrogen) atoms. The summed E-state index contributed by atoms with van der Waals surface area (Å²) < 4.78 is 13.2. The van der Waals surface area contributed by atoms with E-state index < -0.39 is 0 Å². The van der Waals surface area contributed by atoms with Gasteiger partial charge in [0.1, 0.15) is 5.82 Å². The van der Waals surface area contributed by atoms with Crippen molar-refractivity contribution in [2.45, 2.75) is 39.3 Å². The molecule has 0 aliphatic carbocycles. The molecule has 4 heteroatoms. The molecule has 2 aromatic carbocycles. The Morgan fingerprint density at radius 2 is 1.68 bits per heavy atom. The van der Waals surface area contributed by atoms with E-state index in [0.29, 0.717) is 5.41 Å². The summed E-state index contributed by atoms with van der Waals surface area (Å²) in [4.78, 5) is 16.7. The zero-order valence-electron chi connectivity index (χ0n) is 16.7. The lowest BCUT2D eigenvalue weighted by molar-refractivity contribution is 0.0866. The second-order valence-electron chi connectivity index (χ2n) is 8.66. The quantitative estimate of drug-likeness (QED) is 0.713. The minimum atomic E-state index is -0.167. The van der Waals surface area contributed by atoms with Gasteiger partial charge in [-0.1, -0.05) is 30.3 Å². The van der Waals surface area contributed by atoms with E-state index in [9.17, 15) is 9.18 Å². The topological polar surface area (TPSA) is 23.6 Å². The summed E-state index contributed by atoms with van der Waals surface area (Å²) in [6.07, 6.45) is 3.76. The highest BCUT2D eigenvalue weighted by molar-refractivity contribution is 5.94. The van der Waals surface area contributed by atoms with E-state index in [1.54, 1.807) is 19.1 Å². The first-order chi connectivity index (χ1) is 13.5. The number of hydrogen-bond acceptors (Lipinski definition) is 3. The molecule has 1 spiro atoms. The van der Waals surface area contributed by atoms with E-state index in [1.165, 1.54) is 30.4 Å². The summed E-state index contributed by atoms with van der Waals surface area (Å²) in [7, 11) is 0. The maximum Gasteiger partial charge on any atom is 0.159 e. The maximum absolute atomic E-state index is 13.2. The van der Waals surface area contributed by atoms with E-state index in [4.69, 9.17) is 0 Å². The highest BCUT2D eigenvalue weighted by Gasteiger charge is 2.41. The van der Waals surface area contributed by atoms with Crippen molar-refractivity contribution in [1.82, 2.24) is 9.80 Å². The van der Waals surface area contributed by atoms with Gasteiger partial charge in [-0.2, -0.15) is 0 Å². The van der Waals surface area contributed by atoms with Crippen molar-refractivity contribution in [3.63, 3.8) is 0 Å². The summed E-state index contributed by atoms with van der Waals surface area (Å²) in [6, 6.07) is 15.0. The molecule has 1 atom stereocenters. The molecule has 0 N–H and O–H groups in total. The largest absolute Gasteiger partial charge is 0.298 e. The van der Waals surface area contributed by atoms with Gasteiger partial charge in [0.25, 0.3) is 0 Å². The Labute approximate surface area is 167 Å². The second kappa shape index (κ2) is 8.14. The highest BCUT2D eigenvalue weighted by Crippen LogP contribution is 2.39. The summed E-state index contributed by atoms with van der Waals surface area (Å²) in [5, 5.41) is 0. The maximum atomic E-state index is 13.2. The lowest BCUT2D eigenvalue weighted by Gasteiger charge is -2.40.